The number of amides is 1. The lowest BCUT2D eigenvalue weighted by Crippen LogP contribution is -2.39. The molecular formula is C20H26FN5OS. The zero-order valence-electron chi connectivity index (χ0n) is 16.8. The third kappa shape index (κ3) is 4.23. The Balaban J connectivity index is 1.96. The Morgan fingerprint density at radius 2 is 1.93 bits per heavy atom. The molecule has 0 aliphatic rings. The summed E-state index contributed by atoms with van der Waals surface area (Å²) in [6, 6.07) is 6.30. The molecule has 3 rings (SSSR count). The Bertz CT molecular complexity index is 963. The maximum absolute atomic E-state index is 13.6. The van der Waals surface area contributed by atoms with E-state index < -0.39 is 0 Å². The number of thiazole rings is 1. The van der Waals surface area contributed by atoms with E-state index in [9.17, 15) is 9.18 Å². The number of aromatic nitrogens is 3. The number of likely N-dealkylation sites (N-methyl/N-ethyl adjacent to an activating group) is 1. The van der Waals surface area contributed by atoms with Crippen molar-refractivity contribution < 1.29 is 9.18 Å². The molecule has 0 saturated heterocycles. The lowest BCUT2D eigenvalue weighted by Gasteiger charge is -2.24. The first-order valence-corrected chi connectivity index (χ1v) is 10.4. The van der Waals surface area contributed by atoms with Gasteiger partial charge < -0.3 is 4.90 Å². The summed E-state index contributed by atoms with van der Waals surface area (Å²) in [6.45, 7) is 11.9. The maximum Gasteiger partial charge on any atom is 0.280 e. The number of carbonyl (C=O) groups excluding carboxylic acids is 1. The van der Waals surface area contributed by atoms with Crippen molar-refractivity contribution in [2.75, 3.05) is 31.1 Å². The molecule has 6 nitrogen and oxygen atoms in total. The molecule has 1 aromatic carbocycles. The number of aryl methyl sites for hydroxylation is 2. The van der Waals surface area contributed by atoms with E-state index in [1.54, 1.807) is 11.0 Å². The van der Waals surface area contributed by atoms with Gasteiger partial charge in [0.1, 0.15) is 5.82 Å². The van der Waals surface area contributed by atoms with Crippen molar-refractivity contribution in [3.63, 3.8) is 0 Å². The van der Waals surface area contributed by atoms with E-state index in [-0.39, 0.29) is 11.7 Å². The summed E-state index contributed by atoms with van der Waals surface area (Å²) in [5, 5.41) is 5.01. The SMILES string of the molecule is CCN(CC)CCN(C(=O)c1cc(C)n(CC)n1)c1nc2ccc(F)cc2s1. The second kappa shape index (κ2) is 8.79. The number of carbonyl (C=O) groups is 1. The fraction of sp³-hybridized carbons (Fsp3) is 0.450. The summed E-state index contributed by atoms with van der Waals surface area (Å²) in [5.74, 6) is -0.483. The number of anilines is 1. The molecular weight excluding hydrogens is 377 g/mol. The normalized spacial score (nSPS) is 11.5. The second-order valence-corrected chi connectivity index (χ2v) is 7.59. The number of rotatable bonds is 8. The smallest absolute Gasteiger partial charge is 0.280 e. The van der Waals surface area contributed by atoms with Crippen LogP contribution in [0.2, 0.25) is 0 Å². The molecule has 0 spiro atoms. The van der Waals surface area contributed by atoms with Crippen LogP contribution in [0.15, 0.2) is 24.3 Å². The molecule has 2 aromatic heterocycles. The highest BCUT2D eigenvalue weighted by molar-refractivity contribution is 7.22. The lowest BCUT2D eigenvalue weighted by atomic mass is 10.3. The molecule has 150 valence electrons. The zero-order valence-corrected chi connectivity index (χ0v) is 17.6. The van der Waals surface area contributed by atoms with Crippen LogP contribution in [0.1, 0.15) is 37.0 Å². The lowest BCUT2D eigenvalue weighted by molar-refractivity contribution is 0.0978. The molecule has 0 atom stereocenters. The number of hydrogen-bond acceptors (Lipinski definition) is 5. The highest BCUT2D eigenvalue weighted by Gasteiger charge is 2.24. The predicted molar refractivity (Wildman–Crippen MR) is 112 cm³/mol. The Labute approximate surface area is 168 Å². The van der Waals surface area contributed by atoms with Crippen LogP contribution in [0.3, 0.4) is 0 Å². The van der Waals surface area contributed by atoms with Crippen molar-refractivity contribution in [1.29, 1.82) is 0 Å². The van der Waals surface area contributed by atoms with Crippen LogP contribution in [-0.4, -0.2) is 51.8 Å². The third-order valence-corrected chi connectivity index (χ3v) is 5.89. The highest BCUT2D eigenvalue weighted by Crippen LogP contribution is 2.30. The maximum atomic E-state index is 13.6. The number of halogens is 1. The van der Waals surface area contributed by atoms with Gasteiger partial charge in [0.05, 0.1) is 10.2 Å². The van der Waals surface area contributed by atoms with Gasteiger partial charge in [-0.2, -0.15) is 5.10 Å². The van der Waals surface area contributed by atoms with Crippen molar-refractivity contribution in [1.82, 2.24) is 19.7 Å². The zero-order chi connectivity index (χ0) is 20.3. The average Bonchev–Trinajstić information content (AvgIpc) is 3.27. The molecule has 0 aliphatic heterocycles. The fourth-order valence-corrected chi connectivity index (χ4v) is 4.15. The minimum Gasteiger partial charge on any atom is -0.302 e. The van der Waals surface area contributed by atoms with Crippen LogP contribution in [0, 0.1) is 12.7 Å². The number of benzene rings is 1. The quantitative estimate of drug-likeness (QED) is 0.572. The molecule has 0 fully saturated rings. The summed E-state index contributed by atoms with van der Waals surface area (Å²) in [5.41, 5.74) is 2.04. The second-order valence-electron chi connectivity index (χ2n) is 6.58. The minimum atomic E-state index is -0.305. The minimum absolute atomic E-state index is 0.179. The highest BCUT2D eigenvalue weighted by atomic mass is 32.1. The summed E-state index contributed by atoms with van der Waals surface area (Å²) >= 11 is 1.33. The van der Waals surface area contributed by atoms with Gasteiger partial charge in [-0.05, 0) is 51.2 Å². The van der Waals surface area contributed by atoms with Crippen LogP contribution < -0.4 is 4.90 Å². The molecule has 0 radical (unpaired) electrons. The van der Waals surface area contributed by atoms with Gasteiger partial charge in [0.25, 0.3) is 5.91 Å². The van der Waals surface area contributed by atoms with Crippen LogP contribution in [0.25, 0.3) is 10.2 Å². The van der Waals surface area contributed by atoms with Crippen molar-refractivity contribution in [2.45, 2.75) is 34.2 Å². The van der Waals surface area contributed by atoms with E-state index in [0.29, 0.717) is 29.4 Å². The Morgan fingerprint density at radius 3 is 2.57 bits per heavy atom. The van der Waals surface area contributed by atoms with Gasteiger partial charge in [0, 0.05) is 25.3 Å². The molecule has 0 N–H and O–H groups in total. The van der Waals surface area contributed by atoms with Crippen LogP contribution in [0.4, 0.5) is 9.52 Å². The Kier molecular flexibility index (Phi) is 6.41. The summed E-state index contributed by atoms with van der Waals surface area (Å²) in [4.78, 5) is 21.8. The van der Waals surface area contributed by atoms with Gasteiger partial charge in [-0.3, -0.25) is 14.4 Å². The van der Waals surface area contributed by atoms with Gasteiger partial charge in [-0.15, -0.1) is 0 Å². The number of hydrogen-bond donors (Lipinski definition) is 0. The van der Waals surface area contributed by atoms with Crippen LogP contribution in [0.5, 0.6) is 0 Å². The van der Waals surface area contributed by atoms with Crippen molar-refractivity contribution in [3.05, 3.63) is 41.5 Å². The van der Waals surface area contributed by atoms with Gasteiger partial charge in [-0.1, -0.05) is 25.2 Å². The van der Waals surface area contributed by atoms with E-state index in [0.717, 1.165) is 30.0 Å². The molecule has 3 aromatic rings. The first kappa shape index (κ1) is 20.4. The molecule has 1 amide bonds. The molecule has 28 heavy (non-hydrogen) atoms. The van der Waals surface area contributed by atoms with Gasteiger partial charge in [0.2, 0.25) is 0 Å². The van der Waals surface area contributed by atoms with Gasteiger partial charge >= 0.3 is 0 Å². The third-order valence-electron chi connectivity index (χ3n) is 4.85. The number of fused-ring (bicyclic) bond motifs is 1. The molecule has 8 heteroatoms. The first-order chi connectivity index (χ1) is 13.5. The fourth-order valence-electron chi connectivity index (χ4n) is 3.14. The van der Waals surface area contributed by atoms with E-state index in [1.807, 2.05) is 24.6 Å². The van der Waals surface area contributed by atoms with Gasteiger partial charge in [0.15, 0.2) is 10.8 Å². The van der Waals surface area contributed by atoms with Gasteiger partial charge in [-0.25, -0.2) is 9.37 Å². The number of nitrogens with zero attached hydrogens (tertiary/aromatic N) is 5. The standard InChI is InChI=1S/C20H26FN5OS/c1-5-24(6-2)10-11-25(19(27)17-12-14(4)26(7-3)23-17)20-22-16-9-8-15(21)13-18(16)28-20/h8-9,12-13H,5-7,10-11H2,1-4H3. The van der Waals surface area contributed by atoms with Crippen molar-refractivity contribution in [2.24, 2.45) is 0 Å². The molecule has 0 bridgehead atoms. The summed E-state index contributed by atoms with van der Waals surface area (Å²) in [6.07, 6.45) is 0. The monoisotopic (exact) mass is 403 g/mol. The predicted octanol–water partition coefficient (Wildman–Crippen LogP) is 3.95. The molecule has 0 aliphatic carbocycles. The topological polar surface area (TPSA) is 54.3 Å². The van der Waals surface area contributed by atoms with Crippen LogP contribution in [-0.2, 0) is 6.54 Å². The first-order valence-electron chi connectivity index (χ1n) is 9.61. The summed E-state index contributed by atoms with van der Waals surface area (Å²) < 4.78 is 16.1. The molecule has 2 heterocycles. The van der Waals surface area contributed by atoms with E-state index in [4.69, 9.17) is 0 Å². The Morgan fingerprint density at radius 1 is 1.18 bits per heavy atom. The summed E-state index contributed by atoms with van der Waals surface area (Å²) in [7, 11) is 0. The molecule has 0 unspecified atom stereocenters. The van der Waals surface area contributed by atoms with Crippen molar-refractivity contribution in [3.8, 4) is 0 Å². The Hall–Kier alpha value is -2.32. The largest absolute Gasteiger partial charge is 0.302 e. The van der Waals surface area contributed by atoms with Crippen molar-refractivity contribution >= 4 is 32.6 Å². The van der Waals surface area contributed by atoms with E-state index in [2.05, 4.69) is 28.8 Å². The van der Waals surface area contributed by atoms with E-state index in [1.165, 1.54) is 23.5 Å². The van der Waals surface area contributed by atoms with Crippen LogP contribution >= 0.6 is 11.3 Å². The van der Waals surface area contributed by atoms with E-state index >= 15 is 0 Å². The average molecular weight is 404 g/mol. The molecule has 0 saturated carbocycles.